The summed E-state index contributed by atoms with van der Waals surface area (Å²) in [6.45, 7) is 1.31. The maximum Gasteiger partial charge on any atom is 0.334 e. The van der Waals surface area contributed by atoms with Crippen molar-refractivity contribution in [3.8, 4) is 0 Å². The zero-order valence-electron chi connectivity index (χ0n) is 15.5. The molecular formula is C18H22N4O6. The second-order valence-electron chi connectivity index (χ2n) is 6.99. The van der Waals surface area contributed by atoms with E-state index in [1.165, 1.54) is 6.26 Å². The van der Waals surface area contributed by atoms with Crippen molar-refractivity contribution >= 4 is 29.8 Å². The lowest BCUT2D eigenvalue weighted by Crippen LogP contribution is -2.48. The largest absolute Gasteiger partial charge is 0.467 e. The third kappa shape index (κ3) is 4.05. The summed E-state index contributed by atoms with van der Waals surface area (Å²) in [6, 6.07) is 1.35. The summed E-state index contributed by atoms with van der Waals surface area (Å²) in [4.78, 5) is 62.4. The number of carbonyl (C=O) groups excluding carboxylic acids is 5. The molecule has 2 fully saturated rings. The lowest BCUT2D eigenvalue weighted by molar-refractivity contribution is -0.145. The number of nitrogens with one attached hydrogen (secondary N) is 2. The fourth-order valence-corrected chi connectivity index (χ4v) is 3.57. The fourth-order valence-electron chi connectivity index (χ4n) is 3.57. The first-order valence-electron chi connectivity index (χ1n) is 9.17. The van der Waals surface area contributed by atoms with Crippen molar-refractivity contribution < 1.29 is 28.4 Å². The second kappa shape index (κ2) is 8.24. The predicted octanol–water partition coefficient (Wildman–Crippen LogP) is 0.975. The lowest BCUT2D eigenvalue weighted by Gasteiger charge is -2.34. The van der Waals surface area contributed by atoms with Gasteiger partial charge in [-0.15, -0.1) is 0 Å². The van der Waals surface area contributed by atoms with Gasteiger partial charge in [0.15, 0.2) is 0 Å². The van der Waals surface area contributed by atoms with Crippen molar-refractivity contribution in [1.29, 1.82) is 0 Å². The number of amides is 7. The number of furan rings is 1. The molecule has 1 saturated heterocycles. The van der Waals surface area contributed by atoms with Crippen molar-refractivity contribution in [1.82, 2.24) is 20.4 Å². The molecule has 2 heterocycles. The molecule has 1 aromatic rings. The molecule has 10 nitrogen and oxygen atoms in total. The summed E-state index contributed by atoms with van der Waals surface area (Å²) in [5.41, 5.74) is 0. The minimum Gasteiger partial charge on any atom is -0.467 e. The van der Waals surface area contributed by atoms with E-state index >= 15 is 0 Å². The van der Waals surface area contributed by atoms with Gasteiger partial charge in [0, 0.05) is 6.04 Å². The lowest BCUT2D eigenvalue weighted by atomic mass is 9.85. The Kier molecular flexibility index (Phi) is 5.76. The zero-order valence-corrected chi connectivity index (χ0v) is 15.5. The van der Waals surface area contributed by atoms with E-state index in [4.69, 9.17) is 4.42 Å². The van der Waals surface area contributed by atoms with E-state index in [1.807, 2.05) is 12.2 Å². The van der Waals surface area contributed by atoms with Crippen LogP contribution >= 0.6 is 0 Å². The van der Waals surface area contributed by atoms with E-state index in [-0.39, 0.29) is 18.5 Å². The molecule has 1 saturated carbocycles. The summed E-state index contributed by atoms with van der Waals surface area (Å²) in [5.74, 6) is -2.25. The van der Waals surface area contributed by atoms with Crippen LogP contribution in [0.15, 0.2) is 22.8 Å². The van der Waals surface area contributed by atoms with Crippen LogP contribution < -0.4 is 10.6 Å². The number of urea groups is 2. The quantitative estimate of drug-likeness (QED) is 0.569. The monoisotopic (exact) mass is 390 g/mol. The average Bonchev–Trinajstić information content (AvgIpc) is 3.25. The molecule has 0 unspecified atom stereocenters. The average molecular weight is 390 g/mol. The summed E-state index contributed by atoms with van der Waals surface area (Å²) < 4.78 is 5.05. The molecule has 2 atom stereocenters. The van der Waals surface area contributed by atoms with Gasteiger partial charge >= 0.3 is 23.9 Å². The Morgan fingerprint density at radius 1 is 1.18 bits per heavy atom. The first-order chi connectivity index (χ1) is 13.4. The number of imide groups is 3. The number of hydrogen-bond acceptors (Lipinski definition) is 6. The van der Waals surface area contributed by atoms with Crippen LogP contribution in [0.25, 0.3) is 0 Å². The summed E-state index contributed by atoms with van der Waals surface area (Å²) in [5, 5.41) is 4.43. The molecule has 2 aliphatic rings. The second-order valence-corrected chi connectivity index (χ2v) is 6.99. The number of hydrogen-bond donors (Lipinski definition) is 2. The van der Waals surface area contributed by atoms with Crippen LogP contribution in [0.1, 0.15) is 38.4 Å². The van der Waals surface area contributed by atoms with Crippen LogP contribution in [-0.2, 0) is 20.9 Å². The molecule has 0 bridgehead atoms. The van der Waals surface area contributed by atoms with E-state index in [0.717, 1.165) is 24.2 Å². The van der Waals surface area contributed by atoms with Gasteiger partial charge in [-0.05, 0) is 30.9 Å². The molecule has 1 aliphatic heterocycles. The minimum atomic E-state index is -1.05. The van der Waals surface area contributed by atoms with E-state index in [0.29, 0.717) is 17.1 Å². The van der Waals surface area contributed by atoms with Gasteiger partial charge in [0.05, 0.1) is 12.8 Å². The summed E-state index contributed by atoms with van der Waals surface area (Å²) in [6.07, 6.45) is 4.84. The van der Waals surface area contributed by atoms with Crippen LogP contribution in [0.5, 0.6) is 0 Å². The van der Waals surface area contributed by atoms with Gasteiger partial charge in [-0.25, -0.2) is 14.5 Å². The Balaban J connectivity index is 1.56. The number of nitrogens with zero attached hydrogens (tertiary/aromatic N) is 2. The van der Waals surface area contributed by atoms with Crippen LogP contribution in [0.2, 0.25) is 0 Å². The SMILES string of the molecule is C[C@@H]1CCCC[C@H]1N1C(=O)C(=O)N(CC(=O)NC(=O)NCc2ccco2)C1=O. The molecular weight excluding hydrogens is 368 g/mol. The van der Waals surface area contributed by atoms with Crippen molar-refractivity contribution in [2.45, 2.75) is 45.2 Å². The van der Waals surface area contributed by atoms with Crippen LogP contribution in [0.3, 0.4) is 0 Å². The highest BCUT2D eigenvalue weighted by molar-refractivity contribution is 6.45. The molecule has 0 spiro atoms. The van der Waals surface area contributed by atoms with Crippen LogP contribution in [0, 0.1) is 5.92 Å². The Morgan fingerprint density at radius 2 is 1.93 bits per heavy atom. The molecule has 1 aromatic heterocycles. The van der Waals surface area contributed by atoms with Gasteiger partial charge in [0.2, 0.25) is 5.91 Å². The number of carbonyl (C=O) groups is 5. The Hall–Kier alpha value is -3.17. The van der Waals surface area contributed by atoms with Gasteiger partial charge in [-0.2, -0.15) is 0 Å². The molecule has 2 N–H and O–H groups in total. The molecule has 150 valence electrons. The topological polar surface area (TPSA) is 129 Å². The Bertz CT molecular complexity index is 790. The summed E-state index contributed by atoms with van der Waals surface area (Å²) in [7, 11) is 0. The van der Waals surface area contributed by atoms with Gasteiger partial charge in [0.1, 0.15) is 12.3 Å². The van der Waals surface area contributed by atoms with Crippen molar-refractivity contribution in [2.75, 3.05) is 6.54 Å². The molecule has 0 aromatic carbocycles. The fraction of sp³-hybridized carbons (Fsp3) is 0.500. The van der Waals surface area contributed by atoms with Crippen molar-refractivity contribution in [3.05, 3.63) is 24.2 Å². The molecule has 3 rings (SSSR count). The third-order valence-corrected chi connectivity index (χ3v) is 5.04. The summed E-state index contributed by atoms with van der Waals surface area (Å²) >= 11 is 0. The molecule has 0 radical (unpaired) electrons. The van der Waals surface area contributed by atoms with E-state index in [1.54, 1.807) is 12.1 Å². The highest BCUT2D eigenvalue weighted by Gasteiger charge is 2.49. The first-order valence-corrected chi connectivity index (χ1v) is 9.17. The van der Waals surface area contributed by atoms with Gasteiger partial charge < -0.3 is 9.73 Å². The van der Waals surface area contributed by atoms with Gasteiger partial charge in [0.25, 0.3) is 0 Å². The zero-order chi connectivity index (χ0) is 20.3. The van der Waals surface area contributed by atoms with Crippen molar-refractivity contribution in [3.63, 3.8) is 0 Å². The highest BCUT2D eigenvalue weighted by atomic mass is 16.3. The molecule has 1 aliphatic carbocycles. The van der Waals surface area contributed by atoms with Crippen LogP contribution in [-0.4, -0.2) is 52.2 Å². The maximum atomic E-state index is 12.6. The molecule has 28 heavy (non-hydrogen) atoms. The van der Waals surface area contributed by atoms with E-state index in [2.05, 4.69) is 5.32 Å². The smallest absolute Gasteiger partial charge is 0.334 e. The van der Waals surface area contributed by atoms with Gasteiger partial charge in [-0.1, -0.05) is 19.8 Å². The predicted molar refractivity (Wildman–Crippen MR) is 94.5 cm³/mol. The minimum absolute atomic E-state index is 0.0690. The first kappa shape index (κ1) is 19.6. The van der Waals surface area contributed by atoms with Crippen molar-refractivity contribution in [2.24, 2.45) is 5.92 Å². The number of rotatable bonds is 5. The maximum absolute atomic E-state index is 12.6. The van der Waals surface area contributed by atoms with Gasteiger partial charge in [-0.3, -0.25) is 24.6 Å². The van der Waals surface area contributed by atoms with Crippen LogP contribution in [0.4, 0.5) is 9.59 Å². The Labute approximate surface area is 161 Å². The third-order valence-electron chi connectivity index (χ3n) is 5.04. The van der Waals surface area contributed by atoms with E-state index in [9.17, 15) is 24.0 Å². The normalized spacial score (nSPS) is 22.5. The highest BCUT2D eigenvalue weighted by Crippen LogP contribution is 2.31. The standard InChI is InChI=1S/C18H22N4O6/c1-11-5-2-3-7-13(11)22-16(25)15(24)21(18(22)27)10-14(23)20-17(26)19-9-12-6-4-8-28-12/h4,6,8,11,13H,2-3,5,7,9-10H2,1H3,(H2,19,20,23,26)/t11-,13-/m1/s1. The molecule has 10 heteroatoms. The Morgan fingerprint density at radius 3 is 2.61 bits per heavy atom. The van der Waals surface area contributed by atoms with E-state index < -0.39 is 36.3 Å². The molecule has 7 amide bonds.